The van der Waals surface area contributed by atoms with E-state index in [4.69, 9.17) is 0 Å². The zero-order valence-corrected chi connectivity index (χ0v) is 6.54. The third-order valence-electron chi connectivity index (χ3n) is 1.81. The minimum absolute atomic E-state index is 0.598. The average molecular weight is 135 g/mol. The summed E-state index contributed by atoms with van der Waals surface area (Å²) in [5, 5.41) is 0. The van der Waals surface area contributed by atoms with Gasteiger partial charge in [0.05, 0.1) is 0 Å². The molecule has 0 saturated carbocycles. The molecule has 0 fully saturated rings. The quantitative estimate of drug-likeness (QED) is 0.607. The zero-order valence-electron chi connectivity index (χ0n) is 6.54. The predicted octanol–water partition coefficient (Wildman–Crippen LogP) is 2.60. The summed E-state index contributed by atoms with van der Waals surface area (Å²) in [6, 6.07) is 6.06. The highest BCUT2D eigenvalue weighted by molar-refractivity contribution is 5.07. The molecule has 0 spiro atoms. The lowest BCUT2D eigenvalue weighted by Gasteiger charge is -2.05. The van der Waals surface area contributed by atoms with Crippen molar-refractivity contribution in [1.82, 2.24) is 4.98 Å². The van der Waals surface area contributed by atoms with Gasteiger partial charge >= 0.3 is 0 Å². The molecule has 1 nitrogen and oxygen atoms in total. The minimum Gasteiger partial charge on any atom is -0.261 e. The average Bonchev–Trinajstić information content (AvgIpc) is 2.05. The van der Waals surface area contributed by atoms with E-state index in [1.165, 1.54) is 5.69 Å². The first kappa shape index (κ1) is 7.26. The van der Waals surface area contributed by atoms with E-state index in [1.54, 1.807) is 0 Å². The molecule has 0 radical (unpaired) electrons. The molecule has 0 N–H and O–H groups in total. The largest absolute Gasteiger partial charge is 0.261 e. The Morgan fingerprint density at radius 3 is 2.80 bits per heavy atom. The summed E-state index contributed by atoms with van der Waals surface area (Å²) in [6.07, 6.45) is 3.01. The molecule has 1 heteroatoms. The monoisotopic (exact) mass is 135 g/mol. The molecule has 0 bridgehead atoms. The van der Waals surface area contributed by atoms with Crippen LogP contribution in [0.2, 0.25) is 0 Å². The van der Waals surface area contributed by atoms with Crippen molar-refractivity contribution >= 4 is 0 Å². The molecule has 1 atom stereocenters. The number of rotatable bonds is 2. The molecule has 1 aromatic rings. The Kier molecular flexibility index (Phi) is 2.43. The Bertz CT molecular complexity index is 181. The lowest BCUT2D eigenvalue weighted by Crippen LogP contribution is -1.93. The highest BCUT2D eigenvalue weighted by atomic mass is 14.7. The molecule has 0 aliphatic carbocycles. The Hall–Kier alpha value is -0.850. The van der Waals surface area contributed by atoms with Crippen LogP contribution >= 0.6 is 0 Å². The van der Waals surface area contributed by atoms with Crippen molar-refractivity contribution < 1.29 is 0 Å². The smallest absolute Gasteiger partial charge is 0.0431 e. The number of hydrogen-bond donors (Lipinski definition) is 0. The van der Waals surface area contributed by atoms with E-state index in [-0.39, 0.29) is 0 Å². The molecule has 1 heterocycles. The van der Waals surface area contributed by atoms with Crippen LogP contribution in [0.3, 0.4) is 0 Å². The summed E-state index contributed by atoms with van der Waals surface area (Å²) in [6.45, 7) is 4.38. The van der Waals surface area contributed by atoms with Gasteiger partial charge in [0.25, 0.3) is 0 Å². The summed E-state index contributed by atoms with van der Waals surface area (Å²) in [5.41, 5.74) is 1.20. The molecule has 0 aliphatic heterocycles. The summed E-state index contributed by atoms with van der Waals surface area (Å²) in [5.74, 6) is 0.598. The van der Waals surface area contributed by atoms with Gasteiger partial charge in [0.1, 0.15) is 0 Å². The fourth-order valence-corrected chi connectivity index (χ4v) is 0.877. The molecule has 0 aliphatic rings. The molecule has 0 amide bonds. The molecular weight excluding hydrogens is 122 g/mol. The van der Waals surface area contributed by atoms with Gasteiger partial charge in [-0.2, -0.15) is 0 Å². The maximum atomic E-state index is 4.25. The summed E-state index contributed by atoms with van der Waals surface area (Å²) in [4.78, 5) is 4.25. The van der Waals surface area contributed by atoms with E-state index in [0.29, 0.717) is 5.92 Å². The topological polar surface area (TPSA) is 12.9 Å². The molecule has 1 rings (SSSR count). The van der Waals surface area contributed by atoms with Crippen molar-refractivity contribution in [3.63, 3.8) is 0 Å². The van der Waals surface area contributed by atoms with Gasteiger partial charge in [-0.05, 0) is 24.5 Å². The fourth-order valence-electron chi connectivity index (χ4n) is 0.877. The second-order valence-corrected chi connectivity index (χ2v) is 2.56. The van der Waals surface area contributed by atoms with Crippen molar-refractivity contribution in [2.45, 2.75) is 26.2 Å². The summed E-state index contributed by atoms with van der Waals surface area (Å²) >= 11 is 0. The highest BCUT2D eigenvalue weighted by Crippen LogP contribution is 2.14. The van der Waals surface area contributed by atoms with Crippen molar-refractivity contribution in [2.24, 2.45) is 0 Å². The van der Waals surface area contributed by atoms with Crippen LogP contribution in [0.5, 0.6) is 0 Å². The lowest BCUT2D eigenvalue weighted by molar-refractivity contribution is 0.708. The van der Waals surface area contributed by atoms with Gasteiger partial charge in [0, 0.05) is 11.9 Å². The number of pyridine rings is 1. The maximum absolute atomic E-state index is 4.25. The van der Waals surface area contributed by atoms with E-state index in [0.717, 1.165) is 6.42 Å². The van der Waals surface area contributed by atoms with Crippen LogP contribution in [0.1, 0.15) is 31.9 Å². The third kappa shape index (κ3) is 1.56. The summed E-state index contributed by atoms with van der Waals surface area (Å²) in [7, 11) is 0. The van der Waals surface area contributed by atoms with Gasteiger partial charge in [0.15, 0.2) is 0 Å². The van der Waals surface area contributed by atoms with Gasteiger partial charge in [-0.25, -0.2) is 0 Å². The molecule has 0 aromatic carbocycles. The predicted molar refractivity (Wildman–Crippen MR) is 42.9 cm³/mol. The van der Waals surface area contributed by atoms with Crippen LogP contribution in [-0.2, 0) is 0 Å². The SMILES string of the molecule is CCC(C)c1ccccn1. The molecule has 10 heavy (non-hydrogen) atoms. The highest BCUT2D eigenvalue weighted by Gasteiger charge is 2.00. The van der Waals surface area contributed by atoms with Gasteiger partial charge in [0.2, 0.25) is 0 Å². The molecule has 0 saturated heterocycles. The van der Waals surface area contributed by atoms with Gasteiger partial charge in [-0.1, -0.05) is 19.9 Å². The van der Waals surface area contributed by atoms with Crippen molar-refractivity contribution in [2.75, 3.05) is 0 Å². The van der Waals surface area contributed by atoms with Crippen molar-refractivity contribution in [3.05, 3.63) is 30.1 Å². The van der Waals surface area contributed by atoms with Gasteiger partial charge < -0.3 is 0 Å². The second-order valence-electron chi connectivity index (χ2n) is 2.56. The number of hydrogen-bond acceptors (Lipinski definition) is 1. The van der Waals surface area contributed by atoms with E-state index < -0.39 is 0 Å². The first-order valence-electron chi connectivity index (χ1n) is 3.75. The fraction of sp³-hybridized carbons (Fsp3) is 0.444. The third-order valence-corrected chi connectivity index (χ3v) is 1.81. The van der Waals surface area contributed by atoms with E-state index in [1.807, 2.05) is 18.3 Å². The van der Waals surface area contributed by atoms with Crippen LogP contribution in [0.25, 0.3) is 0 Å². The normalized spacial score (nSPS) is 13.0. The number of aromatic nitrogens is 1. The molecule has 1 unspecified atom stereocenters. The first-order valence-corrected chi connectivity index (χ1v) is 3.75. The van der Waals surface area contributed by atoms with Gasteiger partial charge in [-0.3, -0.25) is 4.98 Å². The van der Waals surface area contributed by atoms with Crippen LogP contribution in [-0.4, -0.2) is 4.98 Å². The Labute approximate surface area is 62.1 Å². The van der Waals surface area contributed by atoms with Crippen molar-refractivity contribution in [3.8, 4) is 0 Å². The Morgan fingerprint density at radius 1 is 1.50 bits per heavy atom. The van der Waals surface area contributed by atoms with Crippen LogP contribution in [0.4, 0.5) is 0 Å². The van der Waals surface area contributed by atoms with E-state index in [2.05, 4.69) is 24.9 Å². The Morgan fingerprint density at radius 2 is 2.30 bits per heavy atom. The molecule has 54 valence electrons. The Balaban J connectivity index is 2.75. The zero-order chi connectivity index (χ0) is 7.40. The van der Waals surface area contributed by atoms with E-state index in [9.17, 15) is 0 Å². The van der Waals surface area contributed by atoms with Crippen LogP contribution in [0.15, 0.2) is 24.4 Å². The van der Waals surface area contributed by atoms with Crippen molar-refractivity contribution in [1.29, 1.82) is 0 Å². The van der Waals surface area contributed by atoms with Crippen LogP contribution < -0.4 is 0 Å². The van der Waals surface area contributed by atoms with Gasteiger partial charge in [-0.15, -0.1) is 0 Å². The maximum Gasteiger partial charge on any atom is 0.0431 e. The molecular formula is C9H13N. The lowest BCUT2D eigenvalue weighted by atomic mass is 10.1. The number of nitrogens with zero attached hydrogens (tertiary/aromatic N) is 1. The first-order chi connectivity index (χ1) is 4.84. The summed E-state index contributed by atoms with van der Waals surface area (Å²) < 4.78 is 0. The minimum atomic E-state index is 0.598. The van der Waals surface area contributed by atoms with Crippen LogP contribution in [0, 0.1) is 0 Å². The standard InChI is InChI=1S/C9H13N/c1-3-8(2)9-6-4-5-7-10-9/h4-8H,3H2,1-2H3. The molecule has 1 aromatic heterocycles. The second kappa shape index (κ2) is 3.35. The van der Waals surface area contributed by atoms with E-state index >= 15 is 0 Å².